The van der Waals surface area contributed by atoms with Gasteiger partial charge in [0.1, 0.15) is 5.65 Å². The van der Waals surface area contributed by atoms with Crippen molar-refractivity contribution in [3.63, 3.8) is 0 Å². The van der Waals surface area contributed by atoms with Gasteiger partial charge in [-0.1, -0.05) is 30.0 Å². The number of carbonyl (C=O) groups excluding carboxylic acids is 2. The van der Waals surface area contributed by atoms with E-state index >= 15 is 0 Å². The van der Waals surface area contributed by atoms with Gasteiger partial charge in [0.05, 0.1) is 5.69 Å². The van der Waals surface area contributed by atoms with Crippen molar-refractivity contribution in [1.29, 1.82) is 0 Å². The fourth-order valence-corrected chi connectivity index (χ4v) is 5.10. The lowest BCUT2D eigenvalue weighted by atomic mass is 9.98. The maximum Gasteiger partial charge on any atom is 0.250 e. The average molecular weight is 404 g/mol. The van der Waals surface area contributed by atoms with Gasteiger partial charge in [0.25, 0.3) is 0 Å². The molecule has 2 aliphatic heterocycles. The number of H-pyrrole nitrogens is 1. The average Bonchev–Trinajstić information content (AvgIpc) is 3.18. The molecule has 3 aromatic rings. The van der Waals surface area contributed by atoms with E-state index in [1.54, 1.807) is 18.0 Å². The SMILES string of the molecule is CC1(C(=O)N2CC=C(c3c[nH]c4ncccc34)CC2)Sc2ccccc2NC1=O. The summed E-state index contributed by atoms with van der Waals surface area (Å²) in [5.74, 6) is -0.408. The highest BCUT2D eigenvalue weighted by Crippen LogP contribution is 2.43. The van der Waals surface area contributed by atoms with E-state index in [1.165, 1.54) is 17.3 Å². The summed E-state index contributed by atoms with van der Waals surface area (Å²) in [5, 5.41) is 3.98. The van der Waals surface area contributed by atoms with Crippen LogP contribution >= 0.6 is 11.8 Å². The Bertz CT molecular complexity index is 1170. The number of carbonyl (C=O) groups is 2. The topological polar surface area (TPSA) is 78.1 Å². The second-order valence-corrected chi connectivity index (χ2v) is 8.88. The molecule has 1 atom stereocenters. The zero-order valence-electron chi connectivity index (χ0n) is 15.9. The van der Waals surface area contributed by atoms with Crippen LogP contribution in [0.15, 0.2) is 59.8 Å². The van der Waals surface area contributed by atoms with Crippen molar-refractivity contribution in [2.45, 2.75) is 23.0 Å². The first-order valence-corrected chi connectivity index (χ1v) is 10.4. The number of fused-ring (bicyclic) bond motifs is 2. The van der Waals surface area contributed by atoms with Crippen LogP contribution in [0.5, 0.6) is 0 Å². The van der Waals surface area contributed by atoms with Crippen LogP contribution in [0, 0.1) is 0 Å². The van der Waals surface area contributed by atoms with Crippen molar-refractivity contribution in [2.24, 2.45) is 0 Å². The molecule has 5 rings (SSSR count). The fourth-order valence-electron chi connectivity index (χ4n) is 3.93. The molecule has 7 heteroatoms. The van der Waals surface area contributed by atoms with Crippen LogP contribution in [0.3, 0.4) is 0 Å². The van der Waals surface area contributed by atoms with E-state index < -0.39 is 4.75 Å². The molecule has 0 fully saturated rings. The molecule has 0 spiro atoms. The van der Waals surface area contributed by atoms with Crippen molar-refractivity contribution in [2.75, 3.05) is 18.4 Å². The standard InChI is InChI=1S/C22H20N4O2S/c1-22(20(27)25-17-6-2-3-7-18(17)29-22)21(28)26-11-8-14(9-12-26)16-13-24-19-15(16)5-4-10-23-19/h2-8,10,13H,9,11-12H2,1H3,(H,23,24)(H,25,27). The number of amides is 2. The summed E-state index contributed by atoms with van der Waals surface area (Å²) in [6, 6.07) is 11.6. The molecule has 2 aliphatic rings. The zero-order valence-corrected chi connectivity index (χ0v) is 16.8. The first-order valence-electron chi connectivity index (χ1n) is 9.56. The minimum atomic E-state index is -1.16. The van der Waals surface area contributed by atoms with Crippen LogP contribution in [0.1, 0.15) is 18.9 Å². The predicted octanol–water partition coefficient (Wildman–Crippen LogP) is 3.68. The second-order valence-electron chi connectivity index (χ2n) is 7.42. The first-order chi connectivity index (χ1) is 14.1. The lowest BCUT2D eigenvalue weighted by Gasteiger charge is -2.37. The van der Waals surface area contributed by atoms with Gasteiger partial charge in [0.2, 0.25) is 11.8 Å². The molecule has 1 unspecified atom stereocenters. The van der Waals surface area contributed by atoms with E-state index in [4.69, 9.17) is 0 Å². The van der Waals surface area contributed by atoms with Crippen molar-refractivity contribution < 1.29 is 9.59 Å². The van der Waals surface area contributed by atoms with E-state index in [0.29, 0.717) is 13.1 Å². The van der Waals surface area contributed by atoms with E-state index in [-0.39, 0.29) is 11.8 Å². The Kier molecular flexibility index (Phi) is 4.20. The number of pyridine rings is 1. The van der Waals surface area contributed by atoms with Gasteiger partial charge in [-0.05, 0) is 43.2 Å². The van der Waals surface area contributed by atoms with Gasteiger partial charge in [0, 0.05) is 41.3 Å². The number of aromatic nitrogens is 2. The molecule has 0 saturated heterocycles. The van der Waals surface area contributed by atoms with Gasteiger partial charge < -0.3 is 15.2 Å². The molecule has 2 N–H and O–H groups in total. The number of rotatable bonds is 2. The van der Waals surface area contributed by atoms with Crippen LogP contribution in [0.2, 0.25) is 0 Å². The number of para-hydroxylation sites is 1. The minimum absolute atomic E-state index is 0.148. The molecule has 2 aromatic heterocycles. The third-order valence-electron chi connectivity index (χ3n) is 5.58. The Morgan fingerprint density at radius 2 is 2.10 bits per heavy atom. The highest BCUT2D eigenvalue weighted by Gasteiger charge is 2.47. The lowest BCUT2D eigenvalue weighted by Crippen LogP contribution is -2.54. The lowest BCUT2D eigenvalue weighted by molar-refractivity contribution is -0.137. The zero-order chi connectivity index (χ0) is 20.0. The maximum absolute atomic E-state index is 13.3. The van der Waals surface area contributed by atoms with Crippen molar-refractivity contribution in [3.05, 3.63) is 60.4 Å². The normalized spacial score (nSPS) is 21.5. The summed E-state index contributed by atoms with van der Waals surface area (Å²) in [6.07, 6.45) is 6.57. The van der Waals surface area contributed by atoms with Gasteiger partial charge in [-0.15, -0.1) is 0 Å². The van der Waals surface area contributed by atoms with Crippen molar-refractivity contribution >= 4 is 45.9 Å². The van der Waals surface area contributed by atoms with Crippen LogP contribution in [0.4, 0.5) is 5.69 Å². The Morgan fingerprint density at radius 1 is 1.24 bits per heavy atom. The van der Waals surface area contributed by atoms with Gasteiger partial charge >= 0.3 is 0 Å². The number of aromatic amines is 1. The molecule has 6 nitrogen and oxygen atoms in total. The van der Waals surface area contributed by atoms with E-state index in [0.717, 1.165) is 33.6 Å². The number of nitrogens with zero attached hydrogens (tertiary/aromatic N) is 2. The van der Waals surface area contributed by atoms with Crippen LogP contribution in [0.25, 0.3) is 16.6 Å². The summed E-state index contributed by atoms with van der Waals surface area (Å²) in [7, 11) is 0. The van der Waals surface area contributed by atoms with Gasteiger partial charge in [0.15, 0.2) is 4.75 Å². The van der Waals surface area contributed by atoms with Crippen molar-refractivity contribution in [1.82, 2.24) is 14.9 Å². The predicted molar refractivity (Wildman–Crippen MR) is 115 cm³/mol. The molecule has 0 bridgehead atoms. The molecule has 146 valence electrons. The molecular weight excluding hydrogens is 384 g/mol. The second kappa shape index (κ2) is 6.77. The monoisotopic (exact) mass is 404 g/mol. The van der Waals surface area contributed by atoms with Gasteiger partial charge in [-0.3, -0.25) is 9.59 Å². The molecule has 0 radical (unpaired) electrons. The molecule has 1 aromatic carbocycles. The molecule has 29 heavy (non-hydrogen) atoms. The van der Waals surface area contributed by atoms with Gasteiger partial charge in [-0.25, -0.2) is 4.98 Å². The third kappa shape index (κ3) is 2.93. The molecule has 0 aliphatic carbocycles. The van der Waals surface area contributed by atoms with E-state index in [9.17, 15) is 9.59 Å². The summed E-state index contributed by atoms with van der Waals surface area (Å²) < 4.78 is -1.16. The van der Waals surface area contributed by atoms with Gasteiger partial charge in [-0.2, -0.15) is 0 Å². The Hall–Kier alpha value is -3.06. The smallest absolute Gasteiger partial charge is 0.250 e. The largest absolute Gasteiger partial charge is 0.346 e. The third-order valence-corrected chi connectivity index (χ3v) is 6.93. The van der Waals surface area contributed by atoms with E-state index in [1.807, 2.05) is 42.6 Å². The Labute approximate surface area is 172 Å². The highest BCUT2D eigenvalue weighted by atomic mass is 32.2. The van der Waals surface area contributed by atoms with Crippen LogP contribution in [-0.4, -0.2) is 44.5 Å². The highest BCUT2D eigenvalue weighted by molar-refractivity contribution is 8.02. The molecular formula is C22H20N4O2S. The first kappa shape index (κ1) is 18.0. The molecule has 2 amide bonds. The summed E-state index contributed by atoms with van der Waals surface area (Å²) >= 11 is 1.33. The minimum Gasteiger partial charge on any atom is -0.346 e. The number of thioether (sulfide) groups is 1. The number of nitrogens with one attached hydrogen (secondary N) is 2. The van der Waals surface area contributed by atoms with Crippen molar-refractivity contribution in [3.8, 4) is 0 Å². The summed E-state index contributed by atoms with van der Waals surface area (Å²) in [5.41, 5.74) is 3.96. The number of benzene rings is 1. The van der Waals surface area contributed by atoms with Crippen LogP contribution < -0.4 is 5.32 Å². The number of anilines is 1. The quantitative estimate of drug-likeness (QED) is 0.639. The Balaban J connectivity index is 1.38. The number of hydrogen-bond donors (Lipinski definition) is 2. The molecule has 0 saturated carbocycles. The van der Waals surface area contributed by atoms with Crippen LogP contribution in [-0.2, 0) is 9.59 Å². The fraction of sp³-hybridized carbons (Fsp3) is 0.227. The summed E-state index contributed by atoms with van der Waals surface area (Å²) in [4.78, 5) is 36.3. The van der Waals surface area contributed by atoms with E-state index in [2.05, 4.69) is 21.4 Å². The maximum atomic E-state index is 13.3. The summed E-state index contributed by atoms with van der Waals surface area (Å²) in [6.45, 7) is 2.80. The molecule has 4 heterocycles. The number of hydrogen-bond acceptors (Lipinski definition) is 4. The Morgan fingerprint density at radius 3 is 2.93 bits per heavy atom.